The van der Waals surface area contributed by atoms with Crippen LogP contribution in [-0.2, 0) is 4.79 Å². The highest BCUT2D eigenvalue weighted by molar-refractivity contribution is 5.78. The van der Waals surface area contributed by atoms with E-state index in [2.05, 4.69) is 19.2 Å². The summed E-state index contributed by atoms with van der Waals surface area (Å²) in [6.07, 6.45) is 0.928. The number of rotatable bonds is 6. The van der Waals surface area contributed by atoms with Gasteiger partial charge in [0.2, 0.25) is 5.91 Å². The first-order valence-corrected chi connectivity index (χ1v) is 6.37. The van der Waals surface area contributed by atoms with E-state index < -0.39 is 0 Å². The van der Waals surface area contributed by atoms with Gasteiger partial charge < -0.3 is 11.1 Å². The number of hydrogen-bond acceptors (Lipinski definition) is 3. The maximum atomic E-state index is 11.7. The Morgan fingerprint density at radius 2 is 1.88 bits per heavy atom. The summed E-state index contributed by atoms with van der Waals surface area (Å²) >= 11 is 0. The lowest BCUT2D eigenvalue weighted by atomic mass is 10.0. The lowest BCUT2D eigenvalue weighted by molar-refractivity contribution is -0.123. The molecule has 0 aliphatic rings. The summed E-state index contributed by atoms with van der Waals surface area (Å²) in [7, 11) is 1.95. The first-order valence-electron chi connectivity index (χ1n) is 6.37. The predicted octanol–water partition coefficient (Wildman–Crippen LogP) is 1.21. The normalized spacial score (nSPS) is 14.2. The average molecular weight is 243 g/mol. The van der Waals surface area contributed by atoms with Crippen molar-refractivity contribution in [3.05, 3.63) is 0 Å². The van der Waals surface area contributed by atoms with E-state index in [0.717, 1.165) is 13.0 Å². The fraction of sp³-hybridized carbons (Fsp3) is 0.923. The van der Waals surface area contributed by atoms with Crippen molar-refractivity contribution in [3.63, 3.8) is 0 Å². The molecule has 0 rings (SSSR count). The third-order valence-corrected chi connectivity index (χ3v) is 2.63. The van der Waals surface area contributed by atoms with Gasteiger partial charge in [0.25, 0.3) is 0 Å². The zero-order valence-corrected chi connectivity index (χ0v) is 12.2. The van der Waals surface area contributed by atoms with Crippen LogP contribution in [0.25, 0.3) is 0 Å². The molecule has 0 aromatic carbocycles. The average Bonchev–Trinajstić information content (AvgIpc) is 2.10. The molecule has 17 heavy (non-hydrogen) atoms. The molecule has 1 atom stereocenters. The molecule has 0 aromatic heterocycles. The third-order valence-electron chi connectivity index (χ3n) is 2.63. The van der Waals surface area contributed by atoms with E-state index in [1.807, 2.05) is 32.7 Å². The molecule has 0 saturated heterocycles. The van der Waals surface area contributed by atoms with Gasteiger partial charge in [-0.15, -0.1) is 0 Å². The van der Waals surface area contributed by atoms with Crippen LogP contribution >= 0.6 is 0 Å². The van der Waals surface area contributed by atoms with Crippen LogP contribution in [0.15, 0.2) is 0 Å². The summed E-state index contributed by atoms with van der Waals surface area (Å²) in [5.74, 6) is 0.560. The topological polar surface area (TPSA) is 58.4 Å². The smallest absolute Gasteiger partial charge is 0.234 e. The van der Waals surface area contributed by atoms with Crippen molar-refractivity contribution in [3.8, 4) is 0 Å². The van der Waals surface area contributed by atoms with E-state index in [0.29, 0.717) is 12.5 Å². The van der Waals surface area contributed by atoms with Crippen molar-refractivity contribution in [2.45, 2.75) is 52.6 Å². The van der Waals surface area contributed by atoms with Gasteiger partial charge in [0, 0.05) is 11.6 Å². The molecule has 0 radical (unpaired) electrons. The van der Waals surface area contributed by atoms with Crippen molar-refractivity contribution in [2.75, 3.05) is 20.1 Å². The number of amides is 1. The summed E-state index contributed by atoms with van der Waals surface area (Å²) in [5, 5.41) is 2.95. The SMILES string of the molecule is CC(C)C(N)CCN(C)CC(=O)NC(C)(C)C. The van der Waals surface area contributed by atoms with Gasteiger partial charge in [-0.25, -0.2) is 0 Å². The van der Waals surface area contributed by atoms with Gasteiger partial charge in [-0.2, -0.15) is 0 Å². The molecule has 102 valence electrons. The molecule has 4 nitrogen and oxygen atoms in total. The van der Waals surface area contributed by atoms with Crippen LogP contribution in [0, 0.1) is 5.92 Å². The molecular weight excluding hydrogens is 214 g/mol. The van der Waals surface area contributed by atoms with Crippen LogP contribution in [0.5, 0.6) is 0 Å². The van der Waals surface area contributed by atoms with Gasteiger partial charge in [0.15, 0.2) is 0 Å². The van der Waals surface area contributed by atoms with Crippen LogP contribution in [-0.4, -0.2) is 42.5 Å². The van der Waals surface area contributed by atoms with Gasteiger partial charge in [-0.05, 0) is 46.7 Å². The molecule has 4 heteroatoms. The highest BCUT2D eigenvalue weighted by atomic mass is 16.2. The first kappa shape index (κ1) is 16.4. The van der Waals surface area contributed by atoms with Crippen LogP contribution < -0.4 is 11.1 Å². The second-order valence-electron chi connectivity index (χ2n) is 6.23. The summed E-state index contributed by atoms with van der Waals surface area (Å²) in [5.41, 5.74) is 5.81. The number of hydrogen-bond donors (Lipinski definition) is 2. The van der Waals surface area contributed by atoms with Gasteiger partial charge in [0.1, 0.15) is 0 Å². The summed E-state index contributed by atoms with van der Waals surface area (Å²) in [6, 6.07) is 0.211. The number of nitrogens with one attached hydrogen (secondary N) is 1. The van der Waals surface area contributed by atoms with Crippen LogP contribution in [0.2, 0.25) is 0 Å². The Bertz CT molecular complexity index is 233. The second kappa shape index (κ2) is 6.97. The number of likely N-dealkylation sites (N-methyl/N-ethyl adjacent to an activating group) is 1. The van der Waals surface area contributed by atoms with E-state index in [1.54, 1.807) is 0 Å². The van der Waals surface area contributed by atoms with E-state index in [-0.39, 0.29) is 17.5 Å². The molecular formula is C13H29N3O. The van der Waals surface area contributed by atoms with Crippen LogP contribution in [0.3, 0.4) is 0 Å². The predicted molar refractivity (Wildman–Crippen MR) is 72.8 cm³/mol. The molecule has 1 unspecified atom stereocenters. The first-order chi connectivity index (χ1) is 7.61. The Morgan fingerprint density at radius 3 is 2.29 bits per heavy atom. The number of nitrogens with two attached hydrogens (primary N) is 1. The van der Waals surface area contributed by atoms with Gasteiger partial charge in [-0.1, -0.05) is 13.8 Å². The van der Waals surface area contributed by atoms with E-state index in [4.69, 9.17) is 5.73 Å². The number of carbonyl (C=O) groups is 1. The fourth-order valence-corrected chi connectivity index (χ4v) is 1.48. The lowest BCUT2D eigenvalue weighted by Gasteiger charge is -2.24. The Balaban J connectivity index is 3.86. The summed E-state index contributed by atoms with van der Waals surface area (Å²) in [4.78, 5) is 13.7. The molecule has 0 aromatic rings. The van der Waals surface area contributed by atoms with Gasteiger partial charge >= 0.3 is 0 Å². The Hall–Kier alpha value is -0.610. The Morgan fingerprint density at radius 1 is 1.35 bits per heavy atom. The van der Waals surface area contributed by atoms with E-state index >= 15 is 0 Å². The second-order valence-corrected chi connectivity index (χ2v) is 6.23. The summed E-state index contributed by atoms with van der Waals surface area (Å²) in [6.45, 7) is 11.5. The molecule has 0 spiro atoms. The molecule has 0 saturated carbocycles. The van der Waals surface area contributed by atoms with Crippen LogP contribution in [0.1, 0.15) is 41.0 Å². The molecule has 3 N–H and O–H groups in total. The molecule has 0 aliphatic heterocycles. The van der Waals surface area contributed by atoms with Crippen molar-refractivity contribution in [1.82, 2.24) is 10.2 Å². The van der Waals surface area contributed by atoms with Crippen molar-refractivity contribution in [1.29, 1.82) is 0 Å². The Kier molecular flexibility index (Phi) is 6.72. The minimum absolute atomic E-state index is 0.0677. The zero-order chi connectivity index (χ0) is 13.6. The van der Waals surface area contributed by atoms with Crippen molar-refractivity contribution in [2.24, 2.45) is 11.7 Å². The van der Waals surface area contributed by atoms with Crippen molar-refractivity contribution >= 4 is 5.91 Å². The monoisotopic (exact) mass is 243 g/mol. The zero-order valence-electron chi connectivity index (χ0n) is 12.2. The molecule has 0 fully saturated rings. The molecule has 0 aliphatic carbocycles. The number of nitrogens with zero attached hydrogens (tertiary/aromatic N) is 1. The lowest BCUT2D eigenvalue weighted by Crippen LogP contribution is -2.45. The van der Waals surface area contributed by atoms with Crippen molar-refractivity contribution < 1.29 is 4.79 Å². The minimum Gasteiger partial charge on any atom is -0.350 e. The van der Waals surface area contributed by atoms with Gasteiger partial charge in [-0.3, -0.25) is 9.69 Å². The van der Waals surface area contributed by atoms with E-state index in [1.165, 1.54) is 0 Å². The quantitative estimate of drug-likeness (QED) is 0.737. The largest absolute Gasteiger partial charge is 0.350 e. The fourth-order valence-electron chi connectivity index (χ4n) is 1.48. The summed E-state index contributed by atoms with van der Waals surface area (Å²) < 4.78 is 0. The number of carbonyl (C=O) groups excluding carboxylic acids is 1. The minimum atomic E-state index is -0.160. The third kappa shape index (κ3) is 9.12. The maximum Gasteiger partial charge on any atom is 0.234 e. The molecule has 1 amide bonds. The standard InChI is InChI=1S/C13H29N3O/c1-10(2)11(14)7-8-16(6)9-12(17)15-13(3,4)5/h10-11H,7-9,14H2,1-6H3,(H,15,17). The highest BCUT2D eigenvalue weighted by Gasteiger charge is 2.15. The molecule has 0 heterocycles. The highest BCUT2D eigenvalue weighted by Crippen LogP contribution is 2.04. The van der Waals surface area contributed by atoms with Crippen LogP contribution in [0.4, 0.5) is 0 Å². The van der Waals surface area contributed by atoms with Gasteiger partial charge in [0.05, 0.1) is 6.54 Å². The van der Waals surface area contributed by atoms with E-state index in [9.17, 15) is 4.79 Å². The molecule has 0 bridgehead atoms. The Labute approximate surface area is 106 Å². The maximum absolute atomic E-state index is 11.7.